The third kappa shape index (κ3) is 4.47. The Morgan fingerprint density at radius 2 is 1.62 bits per heavy atom. The molecule has 0 radical (unpaired) electrons. The fraction of sp³-hybridized carbons (Fsp3) is 0.179. The lowest BCUT2D eigenvalue weighted by Crippen LogP contribution is -2.46. The summed E-state index contributed by atoms with van der Waals surface area (Å²) in [5.41, 5.74) is 3.58. The molecule has 1 N–H and O–H groups in total. The van der Waals surface area contributed by atoms with E-state index in [1.165, 1.54) is 0 Å². The quantitative estimate of drug-likeness (QED) is 0.361. The molecular weight excluding hydrogens is 472 g/mol. The summed E-state index contributed by atoms with van der Waals surface area (Å²) in [7, 11) is 4.72. The lowest BCUT2D eigenvalue weighted by Gasteiger charge is -2.35. The van der Waals surface area contributed by atoms with E-state index in [1.54, 1.807) is 44.4 Å². The maximum atomic E-state index is 13.5. The molecule has 5 rings (SSSR count). The molecule has 9 heteroatoms. The van der Waals surface area contributed by atoms with Crippen LogP contribution in [0.3, 0.4) is 0 Å². The molecule has 2 heterocycles. The topological polar surface area (TPSA) is 99.0 Å². The number of carbonyl (C=O) groups excluding carboxylic acids is 1. The van der Waals surface area contributed by atoms with Gasteiger partial charge in [0, 0.05) is 17.3 Å². The molecule has 3 aromatic carbocycles. The molecule has 0 saturated carbocycles. The highest BCUT2D eigenvalue weighted by atomic mass is 16.5. The molecule has 0 fully saturated rings. The number of allylic oxidation sites excluding steroid dienone is 1. The van der Waals surface area contributed by atoms with Crippen LogP contribution in [-0.4, -0.2) is 37.5 Å². The first kappa shape index (κ1) is 23.9. The minimum atomic E-state index is -0.529. The predicted molar refractivity (Wildman–Crippen MR) is 139 cm³/mol. The number of hydrogen-bond acceptors (Lipinski definition) is 7. The van der Waals surface area contributed by atoms with E-state index in [0.717, 1.165) is 11.1 Å². The smallest absolute Gasteiger partial charge is 0.327 e. The van der Waals surface area contributed by atoms with Gasteiger partial charge in [-0.2, -0.15) is 4.98 Å². The maximum Gasteiger partial charge on any atom is 0.327 e. The lowest BCUT2D eigenvalue weighted by molar-refractivity contribution is 0.244. The minimum Gasteiger partial charge on any atom is -0.497 e. The van der Waals surface area contributed by atoms with Gasteiger partial charge in [0.1, 0.15) is 5.75 Å². The van der Waals surface area contributed by atoms with E-state index in [1.807, 2.05) is 61.5 Å². The maximum absolute atomic E-state index is 13.5. The highest BCUT2D eigenvalue weighted by Gasteiger charge is 2.36. The van der Waals surface area contributed by atoms with Gasteiger partial charge in [0.25, 0.3) is 5.89 Å². The Morgan fingerprint density at radius 1 is 0.892 bits per heavy atom. The third-order valence-electron chi connectivity index (χ3n) is 6.25. The van der Waals surface area contributed by atoms with Gasteiger partial charge in [-0.15, -0.1) is 0 Å². The average Bonchev–Trinajstić information content (AvgIpc) is 3.43. The Morgan fingerprint density at radius 3 is 2.30 bits per heavy atom. The van der Waals surface area contributed by atoms with E-state index in [4.69, 9.17) is 23.7 Å². The van der Waals surface area contributed by atoms with Crippen molar-refractivity contribution in [1.82, 2.24) is 15.5 Å². The molecule has 1 aliphatic rings. The molecule has 1 unspecified atom stereocenters. The number of hydrogen-bond donors (Lipinski definition) is 1. The van der Waals surface area contributed by atoms with Crippen molar-refractivity contribution in [2.75, 3.05) is 26.2 Å². The van der Waals surface area contributed by atoms with Gasteiger partial charge in [-0.1, -0.05) is 47.6 Å². The van der Waals surface area contributed by atoms with E-state index in [0.29, 0.717) is 45.9 Å². The minimum absolute atomic E-state index is 0.308. The molecule has 0 bridgehead atoms. The van der Waals surface area contributed by atoms with Crippen molar-refractivity contribution >= 4 is 17.3 Å². The van der Waals surface area contributed by atoms with E-state index in [2.05, 4.69) is 10.5 Å². The van der Waals surface area contributed by atoms with Crippen LogP contribution in [0.25, 0.3) is 17.0 Å². The number of rotatable bonds is 7. The predicted octanol–water partition coefficient (Wildman–Crippen LogP) is 5.46. The van der Waals surface area contributed by atoms with Crippen LogP contribution in [-0.2, 0) is 0 Å². The fourth-order valence-electron chi connectivity index (χ4n) is 4.38. The van der Waals surface area contributed by atoms with Crippen LogP contribution in [0.5, 0.6) is 17.2 Å². The summed E-state index contributed by atoms with van der Waals surface area (Å²) in [4.78, 5) is 19.7. The number of nitrogens with zero attached hydrogens (tertiary/aromatic N) is 3. The molecule has 0 aliphatic carbocycles. The average molecular weight is 499 g/mol. The largest absolute Gasteiger partial charge is 0.497 e. The van der Waals surface area contributed by atoms with Gasteiger partial charge in [0.15, 0.2) is 11.5 Å². The van der Waals surface area contributed by atoms with Gasteiger partial charge in [-0.3, -0.25) is 4.90 Å². The third-order valence-corrected chi connectivity index (χ3v) is 6.25. The van der Waals surface area contributed by atoms with Crippen LogP contribution in [0.2, 0.25) is 0 Å². The van der Waals surface area contributed by atoms with E-state index >= 15 is 0 Å². The number of aromatic nitrogens is 2. The summed E-state index contributed by atoms with van der Waals surface area (Å²) in [5, 5.41) is 7.31. The Bertz CT molecular complexity index is 1450. The molecule has 0 spiro atoms. The van der Waals surface area contributed by atoms with Gasteiger partial charge < -0.3 is 24.1 Å². The Balaban J connectivity index is 1.65. The molecule has 1 aliphatic heterocycles. The van der Waals surface area contributed by atoms with Crippen LogP contribution in [0, 0.1) is 0 Å². The summed E-state index contributed by atoms with van der Waals surface area (Å²) < 4.78 is 21.9. The van der Waals surface area contributed by atoms with Gasteiger partial charge in [-0.05, 0) is 36.8 Å². The van der Waals surface area contributed by atoms with Crippen LogP contribution < -0.4 is 24.4 Å². The van der Waals surface area contributed by atoms with Crippen LogP contribution in [0.4, 0.5) is 10.5 Å². The van der Waals surface area contributed by atoms with E-state index < -0.39 is 6.04 Å². The second-order valence-corrected chi connectivity index (χ2v) is 8.32. The first-order valence-electron chi connectivity index (χ1n) is 11.6. The Kier molecular flexibility index (Phi) is 6.51. The monoisotopic (exact) mass is 498 g/mol. The molecular formula is C28H26N4O5. The SMILES string of the molecule is COc1ccc(C2NC(=O)N(c3ccc(OC)c(OC)c3)C(C)=C2c2nc(-c3ccccc3)no2)cc1. The summed E-state index contributed by atoms with van der Waals surface area (Å²) >= 11 is 0. The van der Waals surface area contributed by atoms with Crippen molar-refractivity contribution in [2.45, 2.75) is 13.0 Å². The second kappa shape index (κ2) is 10.1. The zero-order valence-electron chi connectivity index (χ0n) is 20.9. The molecule has 37 heavy (non-hydrogen) atoms. The van der Waals surface area contributed by atoms with Crippen LogP contribution >= 0.6 is 0 Å². The number of anilines is 1. The van der Waals surface area contributed by atoms with Gasteiger partial charge in [-0.25, -0.2) is 4.79 Å². The summed E-state index contributed by atoms with van der Waals surface area (Å²) in [5.74, 6) is 2.54. The first-order valence-corrected chi connectivity index (χ1v) is 11.6. The number of methoxy groups -OCH3 is 3. The van der Waals surface area contributed by atoms with E-state index in [9.17, 15) is 4.79 Å². The number of ether oxygens (including phenoxy) is 3. The second-order valence-electron chi connectivity index (χ2n) is 8.32. The Hall–Kier alpha value is -4.79. The van der Waals surface area contributed by atoms with E-state index in [-0.39, 0.29) is 6.03 Å². The molecule has 1 atom stereocenters. The molecule has 4 aromatic rings. The molecule has 1 aromatic heterocycles. The molecule has 0 saturated heterocycles. The number of benzene rings is 3. The molecule has 188 valence electrons. The Labute approximate surface area is 214 Å². The highest BCUT2D eigenvalue weighted by Crippen LogP contribution is 2.41. The standard InChI is InChI=1S/C28H26N4O5/c1-17-24(27-30-26(31-37-27)19-8-6-5-7-9-19)25(18-10-13-21(34-2)14-11-18)29-28(33)32(17)20-12-15-22(35-3)23(16-20)36-4/h5-16,25H,1-4H3,(H,29,33). The zero-order chi connectivity index (χ0) is 25.9. The van der Waals surface area contributed by atoms with Crippen molar-refractivity contribution in [1.29, 1.82) is 0 Å². The summed E-state index contributed by atoms with van der Waals surface area (Å²) in [6, 6.07) is 21.5. The highest BCUT2D eigenvalue weighted by molar-refractivity contribution is 6.01. The van der Waals surface area contributed by atoms with Gasteiger partial charge in [0.05, 0.1) is 38.6 Å². The van der Waals surface area contributed by atoms with Crippen molar-refractivity contribution in [3.63, 3.8) is 0 Å². The number of amides is 2. The first-order chi connectivity index (χ1) is 18.0. The lowest BCUT2D eigenvalue weighted by atomic mass is 9.94. The van der Waals surface area contributed by atoms with Crippen molar-refractivity contribution in [3.05, 3.63) is 89.9 Å². The van der Waals surface area contributed by atoms with Crippen molar-refractivity contribution in [2.24, 2.45) is 0 Å². The normalized spacial score (nSPS) is 15.4. The zero-order valence-corrected chi connectivity index (χ0v) is 20.9. The molecule has 2 amide bonds. The summed E-state index contributed by atoms with van der Waals surface area (Å²) in [6.45, 7) is 1.85. The summed E-state index contributed by atoms with van der Waals surface area (Å²) in [6.07, 6.45) is 0. The number of urea groups is 1. The van der Waals surface area contributed by atoms with Crippen molar-refractivity contribution in [3.8, 4) is 28.6 Å². The fourth-order valence-corrected chi connectivity index (χ4v) is 4.38. The number of nitrogens with one attached hydrogen (secondary N) is 1. The van der Waals surface area contributed by atoms with Crippen LogP contribution in [0.1, 0.15) is 24.4 Å². The number of carbonyl (C=O) groups is 1. The van der Waals surface area contributed by atoms with Crippen LogP contribution in [0.15, 0.2) is 83.0 Å². The molecule has 9 nitrogen and oxygen atoms in total. The van der Waals surface area contributed by atoms with Gasteiger partial charge >= 0.3 is 6.03 Å². The van der Waals surface area contributed by atoms with Gasteiger partial charge in [0.2, 0.25) is 5.82 Å². The van der Waals surface area contributed by atoms with Crippen molar-refractivity contribution < 1.29 is 23.5 Å².